The Labute approximate surface area is 187 Å². The predicted octanol–water partition coefficient (Wildman–Crippen LogP) is 2.25. The number of nitrogens with one attached hydrogen (secondary N) is 1. The van der Waals surface area contributed by atoms with Crippen LogP contribution >= 0.6 is 0 Å². The summed E-state index contributed by atoms with van der Waals surface area (Å²) in [6, 6.07) is 7.22. The molecule has 0 aliphatic carbocycles. The quantitative estimate of drug-likeness (QED) is 0.372. The summed E-state index contributed by atoms with van der Waals surface area (Å²) >= 11 is 0. The van der Waals surface area contributed by atoms with E-state index in [4.69, 9.17) is 33.6 Å². The molecule has 176 valence electrons. The monoisotopic (exact) mass is 450 g/mol. The largest absolute Gasteiger partial charge is 0.493 e. The van der Waals surface area contributed by atoms with Crippen LogP contribution in [0.2, 0.25) is 0 Å². The zero-order valence-electron chi connectivity index (χ0n) is 19.2. The van der Waals surface area contributed by atoms with E-state index < -0.39 is 5.91 Å². The number of amides is 1. The summed E-state index contributed by atoms with van der Waals surface area (Å²) in [7, 11) is 9.20. The van der Waals surface area contributed by atoms with E-state index >= 15 is 0 Å². The van der Waals surface area contributed by atoms with Gasteiger partial charge >= 0.3 is 0 Å². The molecular weight excluding hydrogens is 420 g/mol. The van der Waals surface area contributed by atoms with Crippen molar-refractivity contribution in [3.05, 3.63) is 35.4 Å². The van der Waals surface area contributed by atoms with Gasteiger partial charge in [-0.25, -0.2) is 5.48 Å². The van der Waals surface area contributed by atoms with Crippen molar-refractivity contribution in [2.75, 3.05) is 49.2 Å². The van der Waals surface area contributed by atoms with Crippen molar-refractivity contribution >= 4 is 5.91 Å². The van der Waals surface area contributed by atoms with Crippen molar-refractivity contribution in [1.29, 1.82) is 0 Å². The highest BCUT2D eigenvalue weighted by Gasteiger charge is 2.19. The zero-order valence-corrected chi connectivity index (χ0v) is 19.2. The highest BCUT2D eigenvalue weighted by atomic mass is 16.5. The van der Waals surface area contributed by atoms with Gasteiger partial charge in [-0.1, -0.05) is 0 Å². The third-order valence-electron chi connectivity index (χ3n) is 4.75. The number of hydrogen-bond donors (Lipinski definition) is 2. The van der Waals surface area contributed by atoms with E-state index in [1.807, 2.05) is 4.90 Å². The second kappa shape index (κ2) is 11.9. The maximum absolute atomic E-state index is 12.0. The van der Waals surface area contributed by atoms with E-state index in [0.29, 0.717) is 47.6 Å². The highest BCUT2D eigenvalue weighted by Crippen LogP contribution is 2.40. The number of hydroxylamine groups is 1. The van der Waals surface area contributed by atoms with Gasteiger partial charge in [0.2, 0.25) is 11.5 Å². The summed E-state index contributed by atoms with van der Waals surface area (Å²) in [4.78, 5) is 13.8. The van der Waals surface area contributed by atoms with E-state index in [-0.39, 0.29) is 6.54 Å². The fourth-order valence-corrected chi connectivity index (χ4v) is 3.38. The van der Waals surface area contributed by atoms with Gasteiger partial charge in [-0.15, -0.1) is 0 Å². The van der Waals surface area contributed by atoms with Crippen LogP contribution in [0, 0.1) is 0 Å². The van der Waals surface area contributed by atoms with Crippen LogP contribution in [0.5, 0.6) is 34.5 Å². The summed E-state index contributed by atoms with van der Waals surface area (Å²) in [6.07, 6.45) is 0. The first kappa shape index (κ1) is 24.9. The van der Waals surface area contributed by atoms with Gasteiger partial charge in [-0.3, -0.25) is 14.9 Å². The third-order valence-corrected chi connectivity index (χ3v) is 4.75. The zero-order chi connectivity index (χ0) is 23.7. The lowest BCUT2D eigenvalue weighted by atomic mass is 10.1. The SMILES string of the molecule is COc1cc(CN(CC(=O)NO)Cc2cc(OC)c(OC)c(OC)c2)cc(OC)c1OC. The van der Waals surface area contributed by atoms with Gasteiger partial charge in [-0.05, 0) is 35.4 Å². The van der Waals surface area contributed by atoms with Gasteiger partial charge in [0.1, 0.15) is 0 Å². The Balaban J connectivity index is 2.41. The lowest BCUT2D eigenvalue weighted by Crippen LogP contribution is -2.35. The Morgan fingerprint density at radius 2 is 1.06 bits per heavy atom. The van der Waals surface area contributed by atoms with Crippen LogP contribution in [0.15, 0.2) is 24.3 Å². The van der Waals surface area contributed by atoms with Crippen LogP contribution in [0.25, 0.3) is 0 Å². The fourth-order valence-electron chi connectivity index (χ4n) is 3.38. The number of methoxy groups -OCH3 is 6. The van der Waals surface area contributed by atoms with Gasteiger partial charge in [0, 0.05) is 13.1 Å². The van der Waals surface area contributed by atoms with E-state index in [0.717, 1.165) is 11.1 Å². The minimum Gasteiger partial charge on any atom is -0.493 e. The molecule has 0 saturated heterocycles. The van der Waals surface area contributed by atoms with Crippen molar-refractivity contribution in [2.45, 2.75) is 13.1 Å². The molecule has 0 unspecified atom stereocenters. The topological polar surface area (TPSA) is 108 Å². The average Bonchev–Trinajstić information content (AvgIpc) is 2.82. The van der Waals surface area contributed by atoms with Crippen molar-refractivity contribution in [1.82, 2.24) is 10.4 Å². The summed E-state index contributed by atoms with van der Waals surface area (Å²) in [5.41, 5.74) is 3.31. The lowest BCUT2D eigenvalue weighted by Gasteiger charge is -2.23. The normalized spacial score (nSPS) is 10.5. The molecule has 1 amide bonds. The second-order valence-electron chi connectivity index (χ2n) is 6.75. The molecule has 2 N–H and O–H groups in total. The van der Waals surface area contributed by atoms with Crippen LogP contribution in [0.4, 0.5) is 0 Å². The highest BCUT2D eigenvalue weighted by molar-refractivity contribution is 5.76. The van der Waals surface area contributed by atoms with Crippen LogP contribution in [0.3, 0.4) is 0 Å². The van der Waals surface area contributed by atoms with E-state index in [1.165, 1.54) is 42.7 Å². The molecule has 0 spiro atoms. The van der Waals surface area contributed by atoms with Crippen molar-refractivity contribution in [3.8, 4) is 34.5 Å². The van der Waals surface area contributed by atoms with Gasteiger partial charge < -0.3 is 28.4 Å². The number of carbonyl (C=O) groups is 1. The molecule has 10 nitrogen and oxygen atoms in total. The second-order valence-corrected chi connectivity index (χ2v) is 6.75. The van der Waals surface area contributed by atoms with Gasteiger partial charge in [0.15, 0.2) is 23.0 Å². The smallest absolute Gasteiger partial charge is 0.257 e. The van der Waals surface area contributed by atoms with Crippen LogP contribution in [0.1, 0.15) is 11.1 Å². The molecule has 2 rings (SSSR count). The van der Waals surface area contributed by atoms with Crippen LogP contribution in [-0.4, -0.2) is 65.2 Å². The molecule has 0 radical (unpaired) electrons. The average molecular weight is 450 g/mol. The van der Waals surface area contributed by atoms with Crippen molar-refractivity contribution < 1.29 is 38.4 Å². The molecule has 10 heteroatoms. The lowest BCUT2D eigenvalue weighted by molar-refractivity contribution is -0.130. The van der Waals surface area contributed by atoms with Crippen molar-refractivity contribution in [3.63, 3.8) is 0 Å². The number of carbonyl (C=O) groups excluding carboxylic acids is 1. The standard InChI is InChI=1S/C22H30N2O8/c1-27-16-7-14(8-17(28-2)21(16)31-5)11-24(13-20(25)23-26)12-15-9-18(29-3)22(32-6)19(10-15)30-4/h7-10,26H,11-13H2,1-6H3,(H,23,25). The number of benzene rings is 2. The summed E-state index contributed by atoms with van der Waals surface area (Å²) in [6.45, 7) is 0.630. The summed E-state index contributed by atoms with van der Waals surface area (Å²) in [5, 5.41) is 9.04. The van der Waals surface area contributed by atoms with Gasteiger partial charge in [0.25, 0.3) is 5.91 Å². The third kappa shape index (κ3) is 5.86. The molecule has 0 bridgehead atoms. The fraction of sp³-hybridized carbons (Fsp3) is 0.409. The molecule has 0 fully saturated rings. The number of nitrogens with zero attached hydrogens (tertiary/aromatic N) is 1. The Kier molecular flexibility index (Phi) is 9.23. The van der Waals surface area contributed by atoms with E-state index in [1.54, 1.807) is 29.7 Å². The molecule has 0 atom stereocenters. The minimum atomic E-state index is -0.551. The summed E-state index contributed by atoms with van der Waals surface area (Å²) in [5.74, 6) is 2.40. The Morgan fingerprint density at radius 1 is 0.719 bits per heavy atom. The first-order valence-electron chi connectivity index (χ1n) is 9.67. The predicted molar refractivity (Wildman–Crippen MR) is 116 cm³/mol. The summed E-state index contributed by atoms with van der Waals surface area (Å²) < 4.78 is 32.4. The molecular formula is C22H30N2O8. The van der Waals surface area contributed by atoms with Crippen molar-refractivity contribution in [2.24, 2.45) is 0 Å². The molecule has 0 aromatic heterocycles. The molecule has 2 aromatic rings. The van der Waals surface area contributed by atoms with Gasteiger partial charge in [-0.2, -0.15) is 0 Å². The maximum Gasteiger partial charge on any atom is 0.257 e. The maximum atomic E-state index is 12.0. The molecule has 2 aromatic carbocycles. The Bertz CT molecular complexity index is 803. The first-order valence-corrected chi connectivity index (χ1v) is 9.67. The van der Waals surface area contributed by atoms with E-state index in [9.17, 15) is 4.79 Å². The van der Waals surface area contributed by atoms with E-state index in [2.05, 4.69) is 0 Å². The van der Waals surface area contributed by atoms with Crippen LogP contribution in [-0.2, 0) is 17.9 Å². The molecule has 0 saturated carbocycles. The molecule has 0 aliphatic rings. The minimum absolute atomic E-state index is 0.0657. The Morgan fingerprint density at radius 3 is 1.31 bits per heavy atom. The molecule has 0 heterocycles. The molecule has 32 heavy (non-hydrogen) atoms. The number of ether oxygens (including phenoxy) is 6. The number of rotatable bonds is 12. The van der Waals surface area contributed by atoms with Crippen LogP contribution < -0.4 is 33.9 Å². The first-order chi connectivity index (χ1) is 15.4. The molecule has 0 aliphatic heterocycles. The number of hydrogen-bond acceptors (Lipinski definition) is 9. The Hall–Kier alpha value is -3.37. The van der Waals surface area contributed by atoms with Gasteiger partial charge in [0.05, 0.1) is 49.2 Å².